The maximum absolute atomic E-state index is 11.9. The molecule has 1 saturated heterocycles. The van der Waals surface area contributed by atoms with Gasteiger partial charge < -0.3 is 10.4 Å². The zero-order valence-corrected chi connectivity index (χ0v) is 13.1. The Morgan fingerprint density at radius 3 is 3.05 bits per heavy atom. The standard InChI is InChI=1S/C16H23ClN2O2/c1-12(20)14-6-8-19(10-14)11-16(21)18-7-5-13-3-2-4-15(17)9-13/h2-4,9,12,14,20H,5-8,10-11H2,1H3,(H,18,21). The molecule has 1 aliphatic heterocycles. The lowest BCUT2D eigenvalue weighted by molar-refractivity contribution is -0.122. The van der Waals surface area contributed by atoms with Crippen molar-refractivity contribution in [3.05, 3.63) is 34.9 Å². The Morgan fingerprint density at radius 2 is 2.38 bits per heavy atom. The Labute approximate surface area is 131 Å². The zero-order valence-electron chi connectivity index (χ0n) is 12.4. The van der Waals surface area contributed by atoms with Crippen LogP contribution < -0.4 is 5.32 Å². The molecule has 0 saturated carbocycles. The minimum atomic E-state index is -0.291. The fraction of sp³-hybridized carbons (Fsp3) is 0.562. The van der Waals surface area contributed by atoms with Gasteiger partial charge in [-0.1, -0.05) is 23.7 Å². The third-order valence-corrected chi connectivity index (χ3v) is 4.22. The van der Waals surface area contributed by atoms with Crippen molar-refractivity contribution >= 4 is 17.5 Å². The van der Waals surface area contributed by atoms with Crippen LogP contribution in [0.2, 0.25) is 5.02 Å². The van der Waals surface area contributed by atoms with Gasteiger partial charge >= 0.3 is 0 Å². The van der Waals surface area contributed by atoms with Crippen molar-refractivity contribution in [1.29, 1.82) is 0 Å². The first-order valence-corrected chi connectivity index (χ1v) is 7.84. The zero-order chi connectivity index (χ0) is 15.2. The second kappa shape index (κ2) is 7.78. The molecule has 1 heterocycles. The molecule has 5 heteroatoms. The highest BCUT2D eigenvalue weighted by atomic mass is 35.5. The Balaban J connectivity index is 1.66. The average molecular weight is 311 g/mol. The first kappa shape index (κ1) is 16.3. The summed E-state index contributed by atoms with van der Waals surface area (Å²) >= 11 is 5.92. The van der Waals surface area contributed by atoms with Crippen molar-refractivity contribution in [2.45, 2.75) is 25.9 Å². The molecule has 2 N–H and O–H groups in total. The molecule has 0 bridgehead atoms. The Kier molecular flexibility index (Phi) is 6.03. The van der Waals surface area contributed by atoms with Crippen LogP contribution in [0.3, 0.4) is 0 Å². The summed E-state index contributed by atoms with van der Waals surface area (Å²) < 4.78 is 0. The topological polar surface area (TPSA) is 52.6 Å². The molecule has 116 valence electrons. The fourth-order valence-corrected chi connectivity index (χ4v) is 2.91. The van der Waals surface area contributed by atoms with Crippen molar-refractivity contribution in [3.8, 4) is 0 Å². The van der Waals surface area contributed by atoms with E-state index in [9.17, 15) is 9.90 Å². The van der Waals surface area contributed by atoms with Gasteiger partial charge in [0.25, 0.3) is 0 Å². The van der Waals surface area contributed by atoms with E-state index >= 15 is 0 Å². The van der Waals surface area contributed by atoms with Crippen molar-refractivity contribution in [2.24, 2.45) is 5.92 Å². The molecule has 4 nitrogen and oxygen atoms in total. The van der Waals surface area contributed by atoms with Crippen LogP contribution in [0.5, 0.6) is 0 Å². The summed E-state index contributed by atoms with van der Waals surface area (Å²) in [6.45, 7) is 4.54. The molecule has 2 atom stereocenters. The number of hydrogen-bond acceptors (Lipinski definition) is 3. The summed E-state index contributed by atoms with van der Waals surface area (Å²) in [5, 5.41) is 13.2. The van der Waals surface area contributed by atoms with Crippen LogP contribution in [0.15, 0.2) is 24.3 Å². The van der Waals surface area contributed by atoms with Crippen molar-refractivity contribution < 1.29 is 9.90 Å². The summed E-state index contributed by atoms with van der Waals surface area (Å²) in [6.07, 6.45) is 1.46. The van der Waals surface area contributed by atoms with Crippen LogP contribution in [0, 0.1) is 5.92 Å². The minimum Gasteiger partial charge on any atom is -0.393 e. The second-order valence-electron chi connectivity index (χ2n) is 5.75. The van der Waals surface area contributed by atoms with Gasteiger partial charge in [-0.3, -0.25) is 9.69 Å². The molecule has 0 aliphatic carbocycles. The van der Waals surface area contributed by atoms with Crippen LogP contribution >= 0.6 is 11.6 Å². The third-order valence-electron chi connectivity index (χ3n) is 3.98. The highest BCUT2D eigenvalue weighted by Gasteiger charge is 2.26. The van der Waals surface area contributed by atoms with Crippen LogP contribution in [-0.4, -0.2) is 48.2 Å². The van der Waals surface area contributed by atoms with Crippen LogP contribution in [0.25, 0.3) is 0 Å². The Bertz CT molecular complexity index is 479. The van der Waals surface area contributed by atoms with Gasteiger partial charge in [-0.05, 0) is 49.9 Å². The average Bonchev–Trinajstić information content (AvgIpc) is 2.87. The lowest BCUT2D eigenvalue weighted by atomic mass is 10.0. The highest BCUT2D eigenvalue weighted by molar-refractivity contribution is 6.30. The first-order chi connectivity index (χ1) is 10.0. The van der Waals surface area contributed by atoms with E-state index in [-0.39, 0.29) is 12.0 Å². The number of carbonyl (C=O) groups excluding carboxylic acids is 1. The highest BCUT2D eigenvalue weighted by Crippen LogP contribution is 2.18. The van der Waals surface area contributed by atoms with Crippen molar-refractivity contribution in [3.63, 3.8) is 0 Å². The predicted octanol–water partition coefficient (Wildman–Crippen LogP) is 1.70. The lowest BCUT2D eigenvalue weighted by Crippen LogP contribution is -2.37. The monoisotopic (exact) mass is 310 g/mol. The Morgan fingerprint density at radius 1 is 1.57 bits per heavy atom. The van der Waals surface area contributed by atoms with Gasteiger partial charge in [-0.2, -0.15) is 0 Å². The maximum atomic E-state index is 11.9. The van der Waals surface area contributed by atoms with Gasteiger partial charge in [0.15, 0.2) is 0 Å². The quantitative estimate of drug-likeness (QED) is 0.841. The molecule has 1 aromatic rings. The number of nitrogens with zero attached hydrogens (tertiary/aromatic N) is 1. The number of benzene rings is 1. The van der Waals surface area contributed by atoms with Crippen LogP contribution in [-0.2, 0) is 11.2 Å². The minimum absolute atomic E-state index is 0.0447. The number of hydrogen-bond donors (Lipinski definition) is 2. The number of carbonyl (C=O) groups is 1. The summed E-state index contributed by atoms with van der Waals surface area (Å²) in [7, 11) is 0. The number of rotatable bonds is 6. The lowest BCUT2D eigenvalue weighted by Gasteiger charge is -2.17. The Hall–Kier alpha value is -1.10. The maximum Gasteiger partial charge on any atom is 0.234 e. The summed E-state index contributed by atoms with van der Waals surface area (Å²) in [5.74, 6) is 0.340. The molecule has 21 heavy (non-hydrogen) atoms. The number of nitrogens with one attached hydrogen (secondary N) is 1. The molecular formula is C16H23ClN2O2. The number of halogens is 1. The second-order valence-corrected chi connectivity index (χ2v) is 6.19. The largest absolute Gasteiger partial charge is 0.393 e. The summed E-state index contributed by atoms with van der Waals surface area (Å²) in [6, 6.07) is 7.68. The SMILES string of the molecule is CC(O)C1CCN(CC(=O)NCCc2cccc(Cl)c2)C1. The van der Waals surface area contributed by atoms with E-state index in [1.54, 1.807) is 0 Å². The normalized spacial score (nSPS) is 20.4. The first-order valence-electron chi connectivity index (χ1n) is 7.46. The molecule has 2 rings (SSSR count). The van der Waals surface area contributed by atoms with E-state index in [0.29, 0.717) is 19.0 Å². The predicted molar refractivity (Wildman–Crippen MR) is 84.4 cm³/mol. The molecular weight excluding hydrogens is 288 g/mol. The van der Waals surface area contributed by atoms with Crippen molar-refractivity contribution in [1.82, 2.24) is 10.2 Å². The van der Waals surface area contributed by atoms with Gasteiger partial charge in [-0.15, -0.1) is 0 Å². The molecule has 0 radical (unpaired) electrons. The molecule has 1 amide bonds. The molecule has 0 spiro atoms. The number of aliphatic hydroxyl groups is 1. The molecule has 2 unspecified atom stereocenters. The summed E-state index contributed by atoms with van der Waals surface area (Å²) in [4.78, 5) is 14.0. The number of aliphatic hydroxyl groups excluding tert-OH is 1. The van der Waals surface area contributed by atoms with Gasteiger partial charge in [0.2, 0.25) is 5.91 Å². The van der Waals surface area contributed by atoms with E-state index in [2.05, 4.69) is 10.2 Å². The third kappa shape index (κ3) is 5.30. The molecule has 1 fully saturated rings. The van der Waals surface area contributed by atoms with Gasteiger partial charge in [0.05, 0.1) is 12.6 Å². The van der Waals surface area contributed by atoms with Crippen molar-refractivity contribution in [2.75, 3.05) is 26.2 Å². The van der Waals surface area contributed by atoms with Gasteiger partial charge in [0.1, 0.15) is 0 Å². The van der Waals surface area contributed by atoms with Crippen LogP contribution in [0.4, 0.5) is 0 Å². The van der Waals surface area contributed by atoms with Crippen LogP contribution in [0.1, 0.15) is 18.9 Å². The van der Waals surface area contributed by atoms with Gasteiger partial charge in [-0.25, -0.2) is 0 Å². The number of likely N-dealkylation sites (tertiary alicyclic amines) is 1. The molecule has 1 aliphatic rings. The fourth-order valence-electron chi connectivity index (χ4n) is 2.70. The molecule has 0 aromatic heterocycles. The number of amides is 1. The van der Waals surface area contributed by atoms with Gasteiger partial charge in [0, 0.05) is 18.1 Å². The van der Waals surface area contributed by atoms with E-state index in [4.69, 9.17) is 11.6 Å². The van der Waals surface area contributed by atoms with E-state index in [1.807, 2.05) is 31.2 Å². The van der Waals surface area contributed by atoms with E-state index < -0.39 is 0 Å². The van der Waals surface area contributed by atoms with E-state index in [1.165, 1.54) is 0 Å². The van der Waals surface area contributed by atoms with E-state index in [0.717, 1.165) is 36.5 Å². The summed E-state index contributed by atoms with van der Waals surface area (Å²) in [5.41, 5.74) is 1.12. The molecule has 1 aromatic carbocycles. The smallest absolute Gasteiger partial charge is 0.234 e.